The summed E-state index contributed by atoms with van der Waals surface area (Å²) in [5.41, 5.74) is 0.355. The third-order valence-corrected chi connectivity index (χ3v) is 3.77. The van der Waals surface area contributed by atoms with E-state index < -0.39 is 0 Å². The smallest absolute Gasteiger partial charge is 0.236 e. The van der Waals surface area contributed by atoms with Gasteiger partial charge in [-0.1, -0.05) is 20.8 Å². The van der Waals surface area contributed by atoms with Gasteiger partial charge in [-0.3, -0.25) is 9.69 Å². The lowest BCUT2D eigenvalue weighted by Gasteiger charge is -2.47. The van der Waals surface area contributed by atoms with Gasteiger partial charge in [-0.05, 0) is 30.8 Å². The van der Waals surface area contributed by atoms with E-state index in [9.17, 15) is 4.79 Å². The lowest BCUT2D eigenvalue weighted by molar-refractivity contribution is -0.142. The fourth-order valence-electron chi connectivity index (χ4n) is 2.06. The fourth-order valence-corrected chi connectivity index (χ4v) is 2.06. The average Bonchev–Trinajstić information content (AvgIpc) is 1.90. The highest BCUT2D eigenvalue weighted by Gasteiger charge is 2.38. The molecule has 0 aromatic carbocycles. The molecule has 0 atom stereocenters. The van der Waals surface area contributed by atoms with Crippen LogP contribution in [0, 0.1) is 11.3 Å². The predicted molar refractivity (Wildman–Crippen MR) is 60.6 cm³/mol. The summed E-state index contributed by atoms with van der Waals surface area (Å²) < 4.78 is 0. The first-order valence-corrected chi connectivity index (χ1v) is 5.97. The highest BCUT2D eigenvalue weighted by atomic mass is 16.2. The van der Waals surface area contributed by atoms with Crippen LogP contribution in [0.15, 0.2) is 0 Å². The van der Waals surface area contributed by atoms with Crippen molar-refractivity contribution in [1.29, 1.82) is 0 Å². The van der Waals surface area contributed by atoms with E-state index in [1.165, 1.54) is 6.42 Å². The molecule has 2 saturated heterocycles. The Bertz CT molecular complexity index is 247. The van der Waals surface area contributed by atoms with Gasteiger partial charge >= 0.3 is 0 Å². The van der Waals surface area contributed by atoms with Crippen molar-refractivity contribution in [1.82, 2.24) is 9.80 Å². The zero-order chi connectivity index (χ0) is 11.1. The zero-order valence-electron chi connectivity index (χ0n) is 10.1. The normalized spacial score (nSPS) is 23.5. The largest absolute Gasteiger partial charge is 0.341 e. The fraction of sp³-hybridized carbons (Fsp3) is 0.917. The highest BCUT2D eigenvalue weighted by molar-refractivity contribution is 5.79. The van der Waals surface area contributed by atoms with Crippen molar-refractivity contribution in [2.75, 3.05) is 32.7 Å². The number of nitrogens with zero attached hydrogens (tertiary/aromatic N) is 2. The van der Waals surface area contributed by atoms with Crippen molar-refractivity contribution in [3.63, 3.8) is 0 Å². The van der Waals surface area contributed by atoms with Gasteiger partial charge in [0.25, 0.3) is 0 Å². The molecule has 0 aliphatic carbocycles. The molecule has 2 heterocycles. The number of carbonyl (C=O) groups is 1. The minimum absolute atomic E-state index is 0.329. The Morgan fingerprint density at radius 1 is 1.27 bits per heavy atom. The minimum Gasteiger partial charge on any atom is -0.341 e. The molecule has 2 rings (SSSR count). The molecule has 2 aliphatic rings. The van der Waals surface area contributed by atoms with Crippen LogP contribution in [0.4, 0.5) is 0 Å². The number of hydrogen-bond donors (Lipinski definition) is 0. The van der Waals surface area contributed by atoms with Crippen LogP contribution >= 0.6 is 0 Å². The molecule has 86 valence electrons. The Kier molecular flexibility index (Phi) is 2.75. The molecule has 0 unspecified atom stereocenters. The second-order valence-corrected chi connectivity index (χ2v) is 5.99. The summed E-state index contributed by atoms with van der Waals surface area (Å²) in [4.78, 5) is 16.0. The van der Waals surface area contributed by atoms with Crippen LogP contribution in [0.1, 0.15) is 27.2 Å². The molecule has 0 aromatic rings. The van der Waals surface area contributed by atoms with Crippen LogP contribution < -0.4 is 0 Å². The molecular weight excluding hydrogens is 188 g/mol. The zero-order valence-corrected chi connectivity index (χ0v) is 10.1. The Balaban J connectivity index is 1.71. The lowest BCUT2D eigenvalue weighted by atomic mass is 9.76. The number of likely N-dealkylation sites (tertiary alicyclic amines) is 2. The van der Waals surface area contributed by atoms with Gasteiger partial charge in [0.15, 0.2) is 0 Å². The van der Waals surface area contributed by atoms with E-state index >= 15 is 0 Å². The second-order valence-electron chi connectivity index (χ2n) is 5.99. The summed E-state index contributed by atoms with van der Waals surface area (Å²) in [5.74, 6) is 1.02. The van der Waals surface area contributed by atoms with Crippen molar-refractivity contribution in [2.24, 2.45) is 11.3 Å². The number of carbonyl (C=O) groups excluding carboxylic acids is 1. The van der Waals surface area contributed by atoms with Gasteiger partial charge in [0.05, 0.1) is 6.54 Å². The Morgan fingerprint density at radius 2 is 1.87 bits per heavy atom. The van der Waals surface area contributed by atoms with E-state index in [2.05, 4.69) is 25.7 Å². The van der Waals surface area contributed by atoms with Gasteiger partial charge in [-0.2, -0.15) is 0 Å². The Morgan fingerprint density at radius 3 is 2.27 bits per heavy atom. The van der Waals surface area contributed by atoms with Crippen molar-refractivity contribution in [2.45, 2.75) is 27.2 Å². The summed E-state index contributed by atoms with van der Waals surface area (Å²) in [6.07, 6.45) is 1.26. The summed E-state index contributed by atoms with van der Waals surface area (Å²) in [6, 6.07) is 0. The molecule has 0 radical (unpaired) electrons. The molecule has 2 aliphatic heterocycles. The quantitative estimate of drug-likeness (QED) is 0.683. The van der Waals surface area contributed by atoms with E-state index in [0.717, 1.165) is 26.2 Å². The third kappa shape index (κ3) is 2.33. The van der Waals surface area contributed by atoms with Crippen molar-refractivity contribution in [3.05, 3.63) is 0 Å². The summed E-state index contributed by atoms with van der Waals surface area (Å²) in [5, 5.41) is 0. The van der Waals surface area contributed by atoms with Gasteiger partial charge < -0.3 is 4.90 Å². The standard InChI is InChI=1S/C12H22N2O/c1-12(2,3)10-7-14(8-10)11(15)9-13-5-4-6-13/h10H,4-9H2,1-3H3. The highest BCUT2D eigenvalue weighted by Crippen LogP contribution is 2.33. The van der Waals surface area contributed by atoms with Crippen molar-refractivity contribution < 1.29 is 4.79 Å². The second kappa shape index (κ2) is 3.78. The maximum Gasteiger partial charge on any atom is 0.236 e. The lowest BCUT2D eigenvalue weighted by Crippen LogP contribution is -2.57. The first-order valence-electron chi connectivity index (χ1n) is 5.97. The van der Waals surface area contributed by atoms with Crippen LogP contribution in [0.5, 0.6) is 0 Å². The van der Waals surface area contributed by atoms with Gasteiger partial charge in [0, 0.05) is 13.1 Å². The molecule has 0 N–H and O–H groups in total. The molecule has 1 amide bonds. The minimum atomic E-state index is 0.329. The van der Waals surface area contributed by atoms with Crippen LogP contribution in [-0.2, 0) is 4.79 Å². The molecule has 0 aromatic heterocycles. The number of rotatable bonds is 2. The van der Waals surface area contributed by atoms with Gasteiger partial charge in [-0.15, -0.1) is 0 Å². The maximum atomic E-state index is 11.8. The van der Waals surface area contributed by atoms with E-state index in [-0.39, 0.29) is 0 Å². The van der Waals surface area contributed by atoms with Gasteiger partial charge in [0.2, 0.25) is 5.91 Å². The molecule has 0 spiro atoms. The molecule has 0 bridgehead atoms. The molecule has 3 nitrogen and oxygen atoms in total. The van der Waals surface area contributed by atoms with Crippen LogP contribution in [0.3, 0.4) is 0 Å². The van der Waals surface area contributed by atoms with Crippen LogP contribution in [0.2, 0.25) is 0 Å². The average molecular weight is 210 g/mol. The number of hydrogen-bond acceptors (Lipinski definition) is 2. The maximum absolute atomic E-state index is 11.8. The monoisotopic (exact) mass is 210 g/mol. The van der Waals surface area contributed by atoms with Crippen molar-refractivity contribution in [3.8, 4) is 0 Å². The van der Waals surface area contributed by atoms with Gasteiger partial charge in [-0.25, -0.2) is 0 Å². The predicted octanol–water partition coefficient (Wildman–Crippen LogP) is 1.20. The van der Waals surface area contributed by atoms with E-state index in [4.69, 9.17) is 0 Å². The van der Waals surface area contributed by atoms with Crippen LogP contribution in [-0.4, -0.2) is 48.4 Å². The van der Waals surface area contributed by atoms with Crippen LogP contribution in [0.25, 0.3) is 0 Å². The van der Waals surface area contributed by atoms with E-state index in [1.54, 1.807) is 0 Å². The van der Waals surface area contributed by atoms with Gasteiger partial charge in [0.1, 0.15) is 0 Å². The summed E-state index contributed by atoms with van der Waals surface area (Å²) in [6.45, 7) is 11.6. The molecular formula is C12H22N2O. The summed E-state index contributed by atoms with van der Waals surface area (Å²) in [7, 11) is 0. The Labute approximate surface area is 92.4 Å². The molecule has 0 saturated carbocycles. The molecule has 2 fully saturated rings. The van der Waals surface area contributed by atoms with E-state index in [1.807, 2.05) is 4.90 Å². The topological polar surface area (TPSA) is 23.6 Å². The number of amides is 1. The molecule has 15 heavy (non-hydrogen) atoms. The first kappa shape index (κ1) is 10.9. The third-order valence-electron chi connectivity index (χ3n) is 3.77. The Hall–Kier alpha value is -0.570. The summed E-state index contributed by atoms with van der Waals surface area (Å²) >= 11 is 0. The molecule has 3 heteroatoms. The SMILES string of the molecule is CC(C)(C)C1CN(C(=O)CN2CCC2)C1. The first-order chi connectivity index (χ1) is 6.97. The van der Waals surface area contributed by atoms with E-state index in [0.29, 0.717) is 23.8 Å². The van der Waals surface area contributed by atoms with Crippen molar-refractivity contribution >= 4 is 5.91 Å².